The summed E-state index contributed by atoms with van der Waals surface area (Å²) in [5, 5.41) is 6.52. The molecule has 1 heterocycles. The third kappa shape index (κ3) is 6.57. The Hall–Kier alpha value is -0.810. The van der Waals surface area contributed by atoms with Crippen LogP contribution in [0.5, 0.6) is 0 Å². The fourth-order valence-corrected chi connectivity index (χ4v) is 2.31. The first-order chi connectivity index (χ1) is 9.17. The molecule has 1 saturated heterocycles. The van der Waals surface area contributed by atoms with Crippen molar-refractivity contribution in [1.29, 1.82) is 0 Å². The molecule has 0 saturated carbocycles. The van der Waals surface area contributed by atoms with Crippen molar-refractivity contribution in [3.63, 3.8) is 0 Å². The maximum absolute atomic E-state index is 11.9. The lowest BCUT2D eigenvalue weighted by Crippen LogP contribution is -2.49. The number of likely N-dealkylation sites (tertiary alicyclic amines) is 1. The van der Waals surface area contributed by atoms with Crippen molar-refractivity contribution >= 4 is 6.09 Å². The van der Waals surface area contributed by atoms with E-state index in [0.29, 0.717) is 12.0 Å². The number of nitrogens with zero attached hydrogens (tertiary/aromatic N) is 1. The monoisotopic (exact) mass is 285 g/mol. The predicted molar refractivity (Wildman–Crippen MR) is 81.9 cm³/mol. The van der Waals surface area contributed by atoms with Gasteiger partial charge in [0.25, 0.3) is 0 Å². The third-order valence-electron chi connectivity index (χ3n) is 3.52. The molecule has 2 N–H and O–H groups in total. The lowest BCUT2D eigenvalue weighted by Gasteiger charge is -2.27. The Kier molecular flexibility index (Phi) is 6.27. The molecule has 5 nitrogen and oxygen atoms in total. The van der Waals surface area contributed by atoms with Crippen LogP contribution in [0.4, 0.5) is 4.79 Å². The number of nitrogens with one attached hydrogen (secondary N) is 2. The molecule has 1 fully saturated rings. The molecule has 0 aliphatic carbocycles. The largest absolute Gasteiger partial charge is 0.444 e. The number of hydrogen-bond donors (Lipinski definition) is 2. The van der Waals surface area contributed by atoms with Gasteiger partial charge in [0.2, 0.25) is 0 Å². The lowest BCUT2D eigenvalue weighted by molar-refractivity contribution is 0.0489. The van der Waals surface area contributed by atoms with Gasteiger partial charge in [-0.25, -0.2) is 4.79 Å². The second kappa shape index (κ2) is 7.27. The summed E-state index contributed by atoms with van der Waals surface area (Å²) in [4.78, 5) is 14.2. The van der Waals surface area contributed by atoms with Gasteiger partial charge in [-0.1, -0.05) is 13.8 Å². The highest BCUT2D eigenvalue weighted by atomic mass is 16.6. The molecule has 0 radical (unpaired) electrons. The highest BCUT2D eigenvalue weighted by Crippen LogP contribution is 2.10. The number of hydrogen-bond acceptors (Lipinski definition) is 4. The van der Waals surface area contributed by atoms with Gasteiger partial charge in [0.05, 0.1) is 0 Å². The predicted octanol–water partition coefficient (Wildman–Crippen LogP) is 1.83. The van der Waals surface area contributed by atoms with Crippen molar-refractivity contribution in [3.8, 4) is 0 Å². The summed E-state index contributed by atoms with van der Waals surface area (Å²) >= 11 is 0. The van der Waals surface area contributed by atoms with Crippen LogP contribution in [0, 0.1) is 5.92 Å². The van der Waals surface area contributed by atoms with Gasteiger partial charge >= 0.3 is 6.09 Å². The summed E-state index contributed by atoms with van der Waals surface area (Å²) in [6.07, 6.45) is 0.842. The van der Waals surface area contributed by atoms with Gasteiger partial charge in [-0.3, -0.25) is 0 Å². The van der Waals surface area contributed by atoms with Crippen LogP contribution in [0.15, 0.2) is 0 Å². The van der Waals surface area contributed by atoms with Crippen molar-refractivity contribution < 1.29 is 9.53 Å². The molecule has 0 bridgehead atoms. The van der Waals surface area contributed by atoms with Gasteiger partial charge in [0, 0.05) is 25.2 Å². The Morgan fingerprint density at radius 2 is 2.05 bits per heavy atom. The van der Waals surface area contributed by atoms with E-state index in [2.05, 4.69) is 36.4 Å². The van der Waals surface area contributed by atoms with Crippen molar-refractivity contribution in [2.24, 2.45) is 5.92 Å². The van der Waals surface area contributed by atoms with Crippen molar-refractivity contribution in [1.82, 2.24) is 15.5 Å². The Balaban J connectivity index is 2.38. The maximum atomic E-state index is 11.9. The molecular weight excluding hydrogens is 254 g/mol. The molecule has 0 spiro atoms. The number of carbonyl (C=O) groups is 1. The molecule has 2 unspecified atom stereocenters. The molecule has 0 aromatic carbocycles. The summed E-state index contributed by atoms with van der Waals surface area (Å²) in [7, 11) is 2.14. The number of ether oxygens (including phenoxy) is 1. The second-order valence-electron chi connectivity index (χ2n) is 7.15. The van der Waals surface area contributed by atoms with Crippen LogP contribution in [-0.4, -0.2) is 55.4 Å². The molecule has 0 aromatic heterocycles. The van der Waals surface area contributed by atoms with E-state index >= 15 is 0 Å². The van der Waals surface area contributed by atoms with Crippen LogP contribution < -0.4 is 10.6 Å². The molecule has 118 valence electrons. The molecule has 1 aliphatic heterocycles. The molecule has 2 atom stereocenters. The molecule has 5 heteroatoms. The van der Waals surface area contributed by atoms with Gasteiger partial charge < -0.3 is 20.3 Å². The Morgan fingerprint density at radius 3 is 2.50 bits per heavy atom. The van der Waals surface area contributed by atoms with E-state index in [1.54, 1.807) is 0 Å². The molecule has 1 aliphatic rings. The normalized spacial score (nSPS) is 22.1. The van der Waals surface area contributed by atoms with E-state index in [0.717, 1.165) is 19.6 Å². The molecule has 1 rings (SSSR count). The smallest absolute Gasteiger partial charge is 0.407 e. The average Bonchev–Trinajstić information content (AvgIpc) is 2.67. The zero-order chi connectivity index (χ0) is 15.3. The summed E-state index contributed by atoms with van der Waals surface area (Å²) in [6.45, 7) is 12.9. The lowest BCUT2D eigenvalue weighted by atomic mass is 10.0. The van der Waals surface area contributed by atoms with Gasteiger partial charge in [0.1, 0.15) is 5.60 Å². The number of rotatable bonds is 5. The quantitative estimate of drug-likeness (QED) is 0.809. The van der Waals surface area contributed by atoms with Crippen LogP contribution in [0.3, 0.4) is 0 Å². The van der Waals surface area contributed by atoms with E-state index in [1.165, 1.54) is 6.42 Å². The first-order valence-corrected chi connectivity index (χ1v) is 7.59. The fraction of sp³-hybridized carbons (Fsp3) is 0.933. The summed E-state index contributed by atoms with van der Waals surface area (Å²) in [5.74, 6) is 0.370. The van der Waals surface area contributed by atoms with Gasteiger partial charge in [-0.05, 0) is 46.7 Å². The zero-order valence-corrected chi connectivity index (χ0v) is 13.8. The Labute approximate surface area is 123 Å². The topological polar surface area (TPSA) is 53.6 Å². The van der Waals surface area contributed by atoms with E-state index in [-0.39, 0.29) is 12.1 Å². The minimum atomic E-state index is -0.451. The van der Waals surface area contributed by atoms with Crippen molar-refractivity contribution in [2.75, 3.05) is 26.7 Å². The minimum Gasteiger partial charge on any atom is -0.444 e. The summed E-state index contributed by atoms with van der Waals surface area (Å²) < 4.78 is 5.32. The van der Waals surface area contributed by atoms with Crippen molar-refractivity contribution in [3.05, 3.63) is 0 Å². The Bertz CT molecular complexity index is 313. The number of carbonyl (C=O) groups excluding carboxylic acids is 1. The van der Waals surface area contributed by atoms with Crippen LogP contribution in [0.2, 0.25) is 0 Å². The van der Waals surface area contributed by atoms with E-state index in [4.69, 9.17) is 4.74 Å². The standard InChI is InChI=1S/C15H31N3O2/c1-11(2)13(17-14(19)20-15(3,4)5)9-16-12-7-8-18(6)10-12/h11-13,16H,7-10H2,1-6H3,(H,17,19). The van der Waals surface area contributed by atoms with E-state index in [9.17, 15) is 4.79 Å². The van der Waals surface area contributed by atoms with Crippen LogP contribution in [0.1, 0.15) is 41.0 Å². The van der Waals surface area contributed by atoms with Crippen LogP contribution in [-0.2, 0) is 4.74 Å². The zero-order valence-electron chi connectivity index (χ0n) is 13.8. The summed E-state index contributed by atoms with van der Waals surface area (Å²) in [6, 6.07) is 0.623. The van der Waals surface area contributed by atoms with Gasteiger partial charge in [0.15, 0.2) is 0 Å². The molecular formula is C15H31N3O2. The molecule has 20 heavy (non-hydrogen) atoms. The molecule has 0 aromatic rings. The second-order valence-corrected chi connectivity index (χ2v) is 7.15. The summed E-state index contributed by atoms with van der Waals surface area (Å²) in [5.41, 5.74) is -0.451. The SMILES string of the molecule is CC(C)C(CNC1CCN(C)C1)NC(=O)OC(C)(C)C. The van der Waals surface area contributed by atoms with Crippen LogP contribution in [0.25, 0.3) is 0 Å². The number of likely N-dealkylation sites (N-methyl/N-ethyl adjacent to an activating group) is 1. The van der Waals surface area contributed by atoms with E-state index in [1.807, 2.05) is 20.8 Å². The first kappa shape index (κ1) is 17.2. The Morgan fingerprint density at radius 1 is 1.40 bits per heavy atom. The average molecular weight is 285 g/mol. The highest BCUT2D eigenvalue weighted by molar-refractivity contribution is 5.68. The first-order valence-electron chi connectivity index (χ1n) is 7.59. The third-order valence-corrected chi connectivity index (χ3v) is 3.52. The highest BCUT2D eigenvalue weighted by Gasteiger charge is 2.24. The van der Waals surface area contributed by atoms with Crippen LogP contribution >= 0.6 is 0 Å². The number of amides is 1. The maximum Gasteiger partial charge on any atom is 0.407 e. The fourth-order valence-electron chi connectivity index (χ4n) is 2.31. The van der Waals surface area contributed by atoms with E-state index < -0.39 is 5.60 Å². The van der Waals surface area contributed by atoms with Crippen molar-refractivity contribution in [2.45, 2.75) is 58.7 Å². The number of alkyl carbamates (subject to hydrolysis) is 1. The molecule has 1 amide bonds. The van der Waals surface area contributed by atoms with Gasteiger partial charge in [-0.2, -0.15) is 0 Å². The van der Waals surface area contributed by atoms with Gasteiger partial charge in [-0.15, -0.1) is 0 Å². The minimum absolute atomic E-state index is 0.0933.